The number of alkyl halides is 3. The standard InChI is InChI=1S/C11H9F3O4S/c12-11(13,14)19(16,17)18-9-6-5-7-3-1-2-4-8(7)10(9)15/h1-4,9H,5-6H2. The zero-order valence-corrected chi connectivity index (χ0v) is 10.3. The molecule has 0 heterocycles. The number of carbonyl (C=O) groups excluding carboxylic acids is 1. The molecule has 4 nitrogen and oxygen atoms in total. The third-order valence-electron chi connectivity index (χ3n) is 2.78. The number of carbonyl (C=O) groups is 1. The molecule has 0 radical (unpaired) electrons. The van der Waals surface area contributed by atoms with E-state index >= 15 is 0 Å². The molecule has 0 saturated carbocycles. The Kier molecular flexibility index (Phi) is 3.40. The van der Waals surface area contributed by atoms with Gasteiger partial charge in [-0.25, -0.2) is 0 Å². The molecule has 0 aliphatic heterocycles. The molecule has 0 saturated heterocycles. The molecular weight excluding hydrogens is 285 g/mol. The van der Waals surface area contributed by atoms with Crippen molar-refractivity contribution in [3.05, 3.63) is 35.4 Å². The van der Waals surface area contributed by atoms with E-state index in [-0.39, 0.29) is 12.0 Å². The smallest absolute Gasteiger partial charge is 0.291 e. The van der Waals surface area contributed by atoms with Crippen LogP contribution in [0.15, 0.2) is 24.3 Å². The van der Waals surface area contributed by atoms with Crippen LogP contribution in [0.3, 0.4) is 0 Å². The summed E-state index contributed by atoms with van der Waals surface area (Å²) in [5.74, 6) is -0.741. The number of hydrogen-bond donors (Lipinski definition) is 0. The normalized spacial score (nSPS) is 20.2. The van der Waals surface area contributed by atoms with Crippen LogP contribution >= 0.6 is 0 Å². The van der Waals surface area contributed by atoms with E-state index < -0.39 is 27.5 Å². The van der Waals surface area contributed by atoms with Crippen molar-refractivity contribution in [3.8, 4) is 0 Å². The highest BCUT2D eigenvalue weighted by atomic mass is 32.2. The van der Waals surface area contributed by atoms with Gasteiger partial charge in [0.2, 0.25) is 0 Å². The first-order valence-corrected chi connectivity index (χ1v) is 6.75. The fraction of sp³-hybridized carbons (Fsp3) is 0.364. The Morgan fingerprint density at radius 1 is 1.21 bits per heavy atom. The van der Waals surface area contributed by atoms with E-state index in [0.717, 1.165) is 0 Å². The maximum absolute atomic E-state index is 12.2. The molecular formula is C11H9F3O4S. The summed E-state index contributed by atoms with van der Waals surface area (Å²) in [7, 11) is -5.75. The number of Topliss-reactive ketones (excluding diaryl/α,β-unsaturated/α-hetero) is 1. The minimum Gasteiger partial charge on any atom is -0.291 e. The van der Waals surface area contributed by atoms with E-state index in [1.54, 1.807) is 18.2 Å². The Bertz CT molecular complexity index is 607. The maximum atomic E-state index is 12.2. The Morgan fingerprint density at radius 2 is 1.84 bits per heavy atom. The van der Waals surface area contributed by atoms with Gasteiger partial charge in [-0.3, -0.25) is 8.98 Å². The quantitative estimate of drug-likeness (QED) is 0.618. The van der Waals surface area contributed by atoms with Gasteiger partial charge in [-0.1, -0.05) is 24.3 Å². The molecule has 0 spiro atoms. The summed E-state index contributed by atoms with van der Waals surface area (Å²) in [4.78, 5) is 11.9. The Morgan fingerprint density at radius 3 is 2.47 bits per heavy atom. The third-order valence-corrected chi connectivity index (χ3v) is 3.83. The van der Waals surface area contributed by atoms with Gasteiger partial charge in [0, 0.05) is 5.56 Å². The second-order valence-corrected chi connectivity index (χ2v) is 5.61. The highest BCUT2D eigenvalue weighted by molar-refractivity contribution is 7.87. The summed E-state index contributed by atoms with van der Waals surface area (Å²) in [5.41, 5.74) is -4.64. The van der Waals surface area contributed by atoms with Crippen molar-refractivity contribution in [1.82, 2.24) is 0 Å². The first-order chi connectivity index (χ1) is 8.72. The van der Waals surface area contributed by atoms with Gasteiger partial charge < -0.3 is 0 Å². The van der Waals surface area contributed by atoms with Crippen molar-refractivity contribution in [1.29, 1.82) is 0 Å². The highest BCUT2D eigenvalue weighted by Gasteiger charge is 2.49. The molecule has 1 aromatic rings. The molecule has 1 atom stereocenters. The molecule has 19 heavy (non-hydrogen) atoms. The zero-order chi connectivity index (χ0) is 14.3. The molecule has 0 amide bonds. The maximum Gasteiger partial charge on any atom is 0.523 e. The van der Waals surface area contributed by atoms with Crippen LogP contribution in [0.5, 0.6) is 0 Å². The molecule has 1 aliphatic rings. The molecule has 1 aliphatic carbocycles. The number of ketones is 1. The van der Waals surface area contributed by atoms with Crippen molar-refractivity contribution in [2.45, 2.75) is 24.5 Å². The van der Waals surface area contributed by atoms with E-state index in [1.165, 1.54) is 6.07 Å². The number of hydrogen-bond acceptors (Lipinski definition) is 4. The van der Waals surface area contributed by atoms with Gasteiger partial charge >= 0.3 is 15.6 Å². The van der Waals surface area contributed by atoms with Crippen LogP contribution in [-0.4, -0.2) is 25.8 Å². The Balaban J connectivity index is 2.25. The molecule has 1 aromatic carbocycles. The van der Waals surface area contributed by atoms with Crippen LogP contribution in [-0.2, 0) is 20.7 Å². The Labute approximate surface area is 107 Å². The number of aryl methyl sites for hydroxylation is 1. The first-order valence-electron chi connectivity index (χ1n) is 5.34. The van der Waals surface area contributed by atoms with E-state index in [0.29, 0.717) is 12.0 Å². The lowest BCUT2D eigenvalue weighted by Crippen LogP contribution is -2.36. The summed E-state index contributed by atoms with van der Waals surface area (Å²) < 4.78 is 62.3. The molecule has 0 aromatic heterocycles. The second-order valence-electron chi connectivity index (χ2n) is 4.04. The van der Waals surface area contributed by atoms with Gasteiger partial charge in [0.1, 0.15) is 6.10 Å². The average molecular weight is 294 g/mol. The number of fused-ring (bicyclic) bond motifs is 1. The summed E-state index contributed by atoms with van der Waals surface area (Å²) >= 11 is 0. The van der Waals surface area contributed by atoms with Crippen LogP contribution in [0, 0.1) is 0 Å². The SMILES string of the molecule is O=C1c2ccccc2CCC1OS(=O)(=O)C(F)(F)F. The molecule has 1 unspecified atom stereocenters. The lowest BCUT2D eigenvalue weighted by atomic mass is 9.89. The summed E-state index contributed by atoms with van der Waals surface area (Å²) in [6.07, 6.45) is -1.41. The summed E-state index contributed by atoms with van der Waals surface area (Å²) in [6.45, 7) is 0. The fourth-order valence-corrected chi connectivity index (χ4v) is 2.47. The van der Waals surface area contributed by atoms with Crippen molar-refractivity contribution >= 4 is 15.9 Å². The molecule has 0 bridgehead atoms. The van der Waals surface area contributed by atoms with Crippen molar-refractivity contribution in [2.75, 3.05) is 0 Å². The minimum atomic E-state index is -5.75. The average Bonchev–Trinajstić information content (AvgIpc) is 2.31. The van der Waals surface area contributed by atoms with E-state index in [4.69, 9.17) is 0 Å². The molecule has 0 N–H and O–H groups in total. The minimum absolute atomic E-state index is 0.0921. The number of rotatable bonds is 2. The lowest BCUT2D eigenvalue weighted by molar-refractivity contribution is -0.0565. The van der Waals surface area contributed by atoms with Crippen LogP contribution in [0.4, 0.5) is 13.2 Å². The van der Waals surface area contributed by atoms with Gasteiger partial charge in [-0.05, 0) is 18.4 Å². The largest absolute Gasteiger partial charge is 0.523 e. The summed E-state index contributed by atoms with van der Waals surface area (Å²) in [5, 5.41) is 0. The third kappa shape index (κ3) is 2.64. The second kappa shape index (κ2) is 4.61. The molecule has 2 rings (SSSR count). The molecule has 0 fully saturated rings. The number of halogens is 3. The van der Waals surface area contributed by atoms with Gasteiger partial charge in [0.15, 0.2) is 5.78 Å². The van der Waals surface area contributed by atoms with Gasteiger partial charge in [-0.15, -0.1) is 0 Å². The highest BCUT2D eigenvalue weighted by Crippen LogP contribution is 2.30. The molecule has 8 heteroatoms. The van der Waals surface area contributed by atoms with E-state index in [9.17, 15) is 26.4 Å². The van der Waals surface area contributed by atoms with Crippen LogP contribution in [0.25, 0.3) is 0 Å². The first kappa shape index (κ1) is 14.0. The fourth-order valence-electron chi connectivity index (χ4n) is 1.87. The van der Waals surface area contributed by atoms with Crippen LogP contribution in [0.2, 0.25) is 0 Å². The van der Waals surface area contributed by atoms with Crippen molar-refractivity contribution < 1.29 is 30.6 Å². The lowest BCUT2D eigenvalue weighted by Gasteiger charge is -2.23. The van der Waals surface area contributed by atoms with Crippen LogP contribution < -0.4 is 0 Å². The predicted molar refractivity (Wildman–Crippen MR) is 58.9 cm³/mol. The zero-order valence-electron chi connectivity index (χ0n) is 9.48. The summed E-state index contributed by atoms with van der Waals surface area (Å²) in [6, 6.07) is 6.35. The topological polar surface area (TPSA) is 60.4 Å². The monoisotopic (exact) mass is 294 g/mol. The van der Waals surface area contributed by atoms with E-state index in [2.05, 4.69) is 4.18 Å². The van der Waals surface area contributed by atoms with Crippen molar-refractivity contribution in [3.63, 3.8) is 0 Å². The predicted octanol–water partition coefficient (Wildman–Crippen LogP) is 2.05. The number of benzene rings is 1. The van der Waals surface area contributed by atoms with Gasteiger partial charge in [0.25, 0.3) is 0 Å². The molecule has 104 valence electrons. The van der Waals surface area contributed by atoms with Crippen molar-refractivity contribution in [2.24, 2.45) is 0 Å². The van der Waals surface area contributed by atoms with Gasteiger partial charge in [-0.2, -0.15) is 21.6 Å². The van der Waals surface area contributed by atoms with E-state index in [1.807, 2.05) is 0 Å². The van der Waals surface area contributed by atoms with Gasteiger partial charge in [0.05, 0.1) is 0 Å². The Hall–Kier alpha value is -1.41. The van der Waals surface area contributed by atoms with Crippen LogP contribution in [0.1, 0.15) is 22.3 Å².